The van der Waals surface area contributed by atoms with Gasteiger partial charge in [-0.15, -0.1) is 6.42 Å². The largest absolute Gasteiger partial charge is 0.495 e. The predicted molar refractivity (Wildman–Crippen MR) is 106 cm³/mol. The molecule has 0 radical (unpaired) electrons. The van der Waals surface area contributed by atoms with Crippen LogP contribution in [-0.4, -0.2) is 26.6 Å². The molecular formula is C22H26N2O2. The normalized spacial score (nSPS) is 10.1. The molecule has 136 valence electrons. The summed E-state index contributed by atoms with van der Waals surface area (Å²) in [6.07, 6.45) is 6.47. The maximum Gasteiger partial charge on any atom is 0.220 e. The van der Waals surface area contributed by atoms with E-state index >= 15 is 0 Å². The first kappa shape index (κ1) is 19.4. The monoisotopic (exact) mass is 350 g/mol. The molecule has 0 aliphatic carbocycles. The molecule has 4 nitrogen and oxygen atoms in total. The number of terminal acetylenes is 1. The second-order valence-electron chi connectivity index (χ2n) is 6.33. The molecule has 0 saturated heterocycles. The van der Waals surface area contributed by atoms with Crippen molar-refractivity contribution in [3.05, 3.63) is 59.2 Å². The lowest BCUT2D eigenvalue weighted by Gasteiger charge is -2.20. The number of methoxy groups -OCH3 is 1. The third-order valence-electron chi connectivity index (χ3n) is 4.23. The molecule has 26 heavy (non-hydrogen) atoms. The predicted octanol–water partition coefficient (Wildman–Crippen LogP) is 3.32. The molecule has 2 aromatic rings. The van der Waals surface area contributed by atoms with Gasteiger partial charge in [0.25, 0.3) is 0 Å². The number of ether oxygens (including phenoxy) is 1. The molecule has 0 aliphatic rings. The van der Waals surface area contributed by atoms with Crippen molar-refractivity contribution >= 4 is 11.6 Å². The third-order valence-corrected chi connectivity index (χ3v) is 4.23. The van der Waals surface area contributed by atoms with Gasteiger partial charge in [0.1, 0.15) is 5.75 Å². The Labute approximate surface area is 156 Å². The molecule has 0 spiro atoms. The molecule has 0 atom stereocenters. The number of carbonyl (C=O) groups excluding carboxylic acids is 1. The van der Waals surface area contributed by atoms with Crippen molar-refractivity contribution in [2.75, 3.05) is 25.6 Å². The molecule has 1 N–H and O–H groups in total. The maximum atomic E-state index is 12.1. The molecular weight excluding hydrogens is 324 g/mol. The van der Waals surface area contributed by atoms with Crippen molar-refractivity contribution in [3.8, 4) is 18.1 Å². The van der Waals surface area contributed by atoms with Crippen LogP contribution >= 0.6 is 0 Å². The van der Waals surface area contributed by atoms with Gasteiger partial charge in [0, 0.05) is 20.0 Å². The Morgan fingerprint density at radius 3 is 2.54 bits per heavy atom. The number of rotatable bonds is 8. The van der Waals surface area contributed by atoms with E-state index in [9.17, 15) is 4.79 Å². The van der Waals surface area contributed by atoms with Gasteiger partial charge in [-0.2, -0.15) is 0 Å². The summed E-state index contributed by atoms with van der Waals surface area (Å²) < 4.78 is 5.46. The van der Waals surface area contributed by atoms with Crippen LogP contribution in [0.5, 0.6) is 5.75 Å². The highest BCUT2D eigenvalue weighted by Crippen LogP contribution is 2.28. The third kappa shape index (κ3) is 5.56. The number of anilines is 1. The number of benzene rings is 2. The van der Waals surface area contributed by atoms with Crippen LogP contribution in [0, 0.1) is 19.3 Å². The van der Waals surface area contributed by atoms with E-state index < -0.39 is 0 Å². The Bertz CT molecular complexity index is 776. The van der Waals surface area contributed by atoms with Crippen molar-refractivity contribution in [2.45, 2.75) is 26.3 Å². The van der Waals surface area contributed by atoms with Crippen LogP contribution in [0.3, 0.4) is 0 Å². The minimum atomic E-state index is 0.0399. The second-order valence-corrected chi connectivity index (χ2v) is 6.33. The first-order valence-corrected chi connectivity index (χ1v) is 8.67. The van der Waals surface area contributed by atoms with Crippen LogP contribution in [0.25, 0.3) is 0 Å². The number of hydrogen-bond acceptors (Lipinski definition) is 3. The van der Waals surface area contributed by atoms with E-state index in [0.29, 0.717) is 25.9 Å². The van der Waals surface area contributed by atoms with Gasteiger partial charge >= 0.3 is 0 Å². The summed E-state index contributed by atoms with van der Waals surface area (Å²) in [5, 5.41) is 2.96. The van der Waals surface area contributed by atoms with Gasteiger partial charge in [0.2, 0.25) is 5.91 Å². The summed E-state index contributed by atoms with van der Waals surface area (Å²) in [6.45, 7) is 3.11. The van der Waals surface area contributed by atoms with Crippen LogP contribution < -0.4 is 15.0 Å². The minimum absolute atomic E-state index is 0.0399. The Hall–Kier alpha value is -2.93. The van der Waals surface area contributed by atoms with E-state index in [-0.39, 0.29) is 5.91 Å². The number of hydrogen-bond donors (Lipinski definition) is 1. The first-order chi connectivity index (χ1) is 12.5. The Balaban J connectivity index is 1.89. The van der Waals surface area contributed by atoms with Gasteiger partial charge in [0.05, 0.1) is 19.3 Å². The van der Waals surface area contributed by atoms with E-state index in [1.165, 1.54) is 5.56 Å². The van der Waals surface area contributed by atoms with E-state index in [1.54, 1.807) is 7.11 Å². The number of carbonyl (C=O) groups is 1. The lowest BCUT2D eigenvalue weighted by atomic mass is 10.1. The standard InChI is InChI=1S/C22H26N2O2/c1-5-14-24(3)20-12-10-18(15-21(20)26-4)11-13-22(25)23-16-19-8-6-17(2)7-9-19/h1,6-10,12,15H,11,13-14,16H2,2-4H3,(H,23,25). The lowest BCUT2D eigenvalue weighted by molar-refractivity contribution is -0.121. The second kappa shape index (κ2) is 9.53. The summed E-state index contributed by atoms with van der Waals surface area (Å²) in [7, 11) is 3.57. The summed E-state index contributed by atoms with van der Waals surface area (Å²) >= 11 is 0. The Morgan fingerprint density at radius 1 is 1.19 bits per heavy atom. The topological polar surface area (TPSA) is 41.6 Å². The molecule has 0 fully saturated rings. The molecule has 0 saturated carbocycles. The van der Waals surface area contributed by atoms with E-state index in [4.69, 9.17) is 11.2 Å². The van der Waals surface area contributed by atoms with Crippen LogP contribution in [0.2, 0.25) is 0 Å². The van der Waals surface area contributed by atoms with Crippen molar-refractivity contribution < 1.29 is 9.53 Å². The summed E-state index contributed by atoms with van der Waals surface area (Å²) in [6, 6.07) is 14.1. The molecule has 0 aromatic heterocycles. The molecule has 1 amide bonds. The summed E-state index contributed by atoms with van der Waals surface area (Å²) in [4.78, 5) is 14.1. The Kier molecular flexibility index (Phi) is 7.11. The van der Waals surface area contributed by atoms with E-state index in [0.717, 1.165) is 22.6 Å². The zero-order valence-electron chi connectivity index (χ0n) is 15.7. The fraction of sp³-hybridized carbons (Fsp3) is 0.318. The summed E-state index contributed by atoms with van der Waals surface area (Å²) in [5.74, 6) is 3.42. The first-order valence-electron chi connectivity index (χ1n) is 8.67. The average molecular weight is 350 g/mol. The van der Waals surface area contributed by atoms with Gasteiger partial charge in [-0.25, -0.2) is 0 Å². The highest BCUT2D eigenvalue weighted by molar-refractivity contribution is 5.76. The van der Waals surface area contributed by atoms with E-state index in [2.05, 4.69) is 11.2 Å². The molecule has 0 bridgehead atoms. The van der Waals surface area contributed by atoms with Crippen molar-refractivity contribution in [1.29, 1.82) is 0 Å². The molecule has 4 heteroatoms. The van der Waals surface area contributed by atoms with Crippen molar-refractivity contribution in [3.63, 3.8) is 0 Å². The smallest absolute Gasteiger partial charge is 0.220 e. The van der Waals surface area contributed by atoms with Gasteiger partial charge in [-0.3, -0.25) is 4.79 Å². The Morgan fingerprint density at radius 2 is 1.88 bits per heavy atom. The molecule has 0 heterocycles. The number of nitrogens with zero attached hydrogens (tertiary/aromatic N) is 1. The fourth-order valence-corrected chi connectivity index (χ4v) is 2.67. The minimum Gasteiger partial charge on any atom is -0.495 e. The number of aryl methyl sites for hydroxylation is 2. The van der Waals surface area contributed by atoms with Gasteiger partial charge in [-0.1, -0.05) is 41.8 Å². The van der Waals surface area contributed by atoms with Crippen LogP contribution in [0.4, 0.5) is 5.69 Å². The molecule has 2 rings (SSSR count). The summed E-state index contributed by atoms with van der Waals surface area (Å²) in [5.41, 5.74) is 4.32. The number of amides is 1. The van der Waals surface area contributed by atoms with E-state index in [1.807, 2.05) is 61.3 Å². The van der Waals surface area contributed by atoms with Crippen LogP contribution in [-0.2, 0) is 17.8 Å². The maximum absolute atomic E-state index is 12.1. The SMILES string of the molecule is C#CCN(C)c1ccc(CCC(=O)NCc2ccc(C)cc2)cc1OC. The fourth-order valence-electron chi connectivity index (χ4n) is 2.67. The zero-order valence-corrected chi connectivity index (χ0v) is 15.7. The van der Waals surface area contributed by atoms with Gasteiger partial charge in [0.15, 0.2) is 0 Å². The van der Waals surface area contributed by atoms with Crippen LogP contribution in [0.1, 0.15) is 23.1 Å². The van der Waals surface area contributed by atoms with Crippen LogP contribution in [0.15, 0.2) is 42.5 Å². The highest BCUT2D eigenvalue weighted by Gasteiger charge is 2.09. The molecule has 2 aromatic carbocycles. The highest BCUT2D eigenvalue weighted by atomic mass is 16.5. The number of nitrogens with one attached hydrogen (secondary N) is 1. The van der Waals surface area contributed by atoms with Gasteiger partial charge < -0.3 is 15.0 Å². The average Bonchev–Trinajstić information content (AvgIpc) is 2.65. The van der Waals surface area contributed by atoms with Crippen molar-refractivity contribution in [2.24, 2.45) is 0 Å². The lowest BCUT2D eigenvalue weighted by Crippen LogP contribution is -2.23. The van der Waals surface area contributed by atoms with Gasteiger partial charge in [-0.05, 0) is 36.6 Å². The molecule has 0 aliphatic heterocycles. The molecule has 0 unspecified atom stereocenters. The zero-order chi connectivity index (χ0) is 18.9. The van der Waals surface area contributed by atoms with Crippen molar-refractivity contribution in [1.82, 2.24) is 5.32 Å². The quantitative estimate of drug-likeness (QED) is 0.743.